The van der Waals surface area contributed by atoms with Crippen molar-refractivity contribution in [3.05, 3.63) is 47.2 Å². The van der Waals surface area contributed by atoms with Gasteiger partial charge >= 0.3 is 0 Å². The second-order valence-corrected chi connectivity index (χ2v) is 9.70. The summed E-state index contributed by atoms with van der Waals surface area (Å²) in [5, 5.41) is 7.37. The molecule has 2 aromatic carbocycles. The van der Waals surface area contributed by atoms with Crippen LogP contribution >= 0.6 is 11.6 Å². The molecular formula is C27H30ClFN4O4. The van der Waals surface area contributed by atoms with Crippen LogP contribution in [0.5, 0.6) is 11.5 Å². The summed E-state index contributed by atoms with van der Waals surface area (Å²) in [5.74, 6) is 0.626. The smallest absolute Gasteiger partial charge is 0.223 e. The first-order valence-corrected chi connectivity index (χ1v) is 12.7. The SMILES string of the molecule is CC(C)[C@H]1CC(=O)Cc2ccc(Cl)cc2Nc2ncnc3cc(OCC[18F])c(cc23)OCCCNC1=O. The number of rotatable bonds is 4. The number of nitrogens with zero attached hydrogens (tertiary/aromatic N) is 2. The highest BCUT2D eigenvalue weighted by molar-refractivity contribution is 6.31. The van der Waals surface area contributed by atoms with Gasteiger partial charge in [-0.25, -0.2) is 14.4 Å². The minimum Gasteiger partial charge on any atom is -0.490 e. The van der Waals surface area contributed by atoms with E-state index < -0.39 is 12.6 Å². The molecule has 0 saturated heterocycles. The molecule has 10 heteroatoms. The molecule has 0 aliphatic carbocycles. The van der Waals surface area contributed by atoms with Crippen molar-refractivity contribution >= 4 is 45.7 Å². The number of Topliss-reactive ketones (excluding diaryl/α,β-unsaturated/α-hetero) is 1. The maximum absolute atomic E-state index is 13.1. The van der Waals surface area contributed by atoms with Crippen LogP contribution in [0.3, 0.4) is 0 Å². The largest absolute Gasteiger partial charge is 0.490 e. The first-order chi connectivity index (χ1) is 17.9. The minimum absolute atomic E-state index is 0.00362. The minimum atomic E-state index is -0.645. The van der Waals surface area contributed by atoms with Gasteiger partial charge in [0.15, 0.2) is 11.5 Å². The summed E-state index contributed by atoms with van der Waals surface area (Å²) in [6.45, 7) is 3.78. The van der Waals surface area contributed by atoms with Gasteiger partial charge in [0.05, 0.1) is 12.1 Å². The second-order valence-electron chi connectivity index (χ2n) is 9.27. The van der Waals surface area contributed by atoms with Crippen LogP contribution in [0.15, 0.2) is 36.7 Å². The highest BCUT2D eigenvalue weighted by Crippen LogP contribution is 2.36. The van der Waals surface area contributed by atoms with Crippen molar-refractivity contribution in [3.63, 3.8) is 0 Å². The van der Waals surface area contributed by atoms with Crippen LogP contribution in [0.4, 0.5) is 15.9 Å². The molecule has 0 fully saturated rings. The predicted octanol–water partition coefficient (Wildman–Crippen LogP) is 5.05. The summed E-state index contributed by atoms with van der Waals surface area (Å²) in [7, 11) is 0. The number of anilines is 2. The second kappa shape index (κ2) is 12.2. The van der Waals surface area contributed by atoms with Crippen molar-refractivity contribution in [1.29, 1.82) is 0 Å². The first-order valence-electron chi connectivity index (χ1n) is 12.3. The highest BCUT2D eigenvalue weighted by atomic mass is 35.5. The van der Waals surface area contributed by atoms with E-state index in [4.69, 9.17) is 21.1 Å². The van der Waals surface area contributed by atoms with Crippen molar-refractivity contribution in [2.45, 2.75) is 33.1 Å². The van der Waals surface area contributed by atoms with E-state index in [1.807, 2.05) is 13.8 Å². The summed E-state index contributed by atoms with van der Waals surface area (Å²) in [6, 6.07) is 8.67. The molecule has 3 aromatic rings. The van der Waals surface area contributed by atoms with E-state index in [1.165, 1.54) is 6.33 Å². The Balaban J connectivity index is 1.77. The Morgan fingerprint density at radius 2 is 2.05 bits per heavy atom. The Morgan fingerprint density at radius 1 is 1.22 bits per heavy atom. The van der Waals surface area contributed by atoms with E-state index in [9.17, 15) is 14.0 Å². The van der Waals surface area contributed by atoms with E-state index >= 15 is 0 Å². The number of amides is 1. The van der Waals surface area contributed by atoms with Crippen LogP contribution in [0.1, 0.15) is 32.3 Å². The third-order valence-corrected chi connectivity index (χ3v) is 6.45. The molecule has 0 unspecified atom stereocenters. The fraction of sp³-hybridized carbons (Fsp3) is 0.407. The van der Waals surface area contributed by atoms with Gasteiger partial charge in [-0.05, 0) is 36.1 Å². The van der Waals surface area contributed by atoms with Crippen molar-refractivity contribution in [2.24, 2.45) is 11.8 Å². The Kier molecular flexibility index (Phi) is 8.76. The maximum atomic E-state index is 13.1. The van der Waals surface area contributed by atoms with E-state index in [1.54, 1.807) is 30.3 Å². The molecular weight excluding hydrogens is 498 g/mol. The molecule has 0 saturated carbocycles. The number of ketones is 1. The van der Waals surface area contributed by atoms with Gasteiger partial charge in [0.1, 0.15) is 31.2 Å². The van der Waals surface area contributed by atoms with Crippen molar-refractivity contribution in [3.8, 4) is 11.5 Å². The standard InChI is InChI=1S/C27H30ClFN4O4/c1-16(2)20-12-19(34)10-17-4-5-18(28)11-22(17)33-26-21-13-24(36-8-3-7-30-27(20)35)25(37-9-6-29)14-23(21)31-15-32-26/h4-5,11,13-16,20H,3,6-10,12H2,1-2H3,(H,30,35)(H,31,32,33)/t20-/m1/s1/i29-1. The van der Waals surface area contributed by atoms with Crippen molar-refractivity contribution < 1.29 is 23.5 Å². The lowest BCUT2D eigenvalue weighted by Crippen LogP contribution is -2.36. The number of benzene rings is 2. The van der Waals surface area contributed by atoms with Gasteiger partial charge in [-0.15, -0.1) is 0 Å². The molecule has 1 aromatic heterocycles. The molecule has 37 heavy (non-hydrogen) atoms. The molecule has 1 atom stereocenters. The van der Waals surface area contributed by atoms with Crippen LogP contribution in [-0.2, 0) is 16.0 Å². The predicted molar refractivity (Wildman–Crippen MR) is 141 cm³/mol. The fourth-order valence-electron chi connectivity index (χ4n) is 4.24. The molecule has 4 rings (SSSR count). The van der Waals surface area contributed by atoms with E-state index in [2.05, 4.69) is 20.6 Å². The summed E-state index contributed by atoms with van der Waals surface area (Å²) < 4.78 is 24.4. The molecule has 1 amide bonds. The number of carbonyl (C=O) groups is 2. The van der Waals surface area contributed by atoms with Crippen molar-refractivity contribution in [1.82, 2.24) is 15.3 Å². The number of hydrogen-bond donors (Lipinski definition) is 2. The fourth-order valence-corrected chi connectivity index (χ4v) is 4.41. The molecule has 196 valence electrons. The topological polar surface area (TPSA) is 102 Å². The third-order valence-electron chi connectivity index (χ3n) is 6.22. The lowest BCUT2D eigenvalue weighted by atomic mass is 9.88. The van der Waals surface area contributed by atoms with Gasteiger partial charge in [-0.1, -0.05) is 31.5 Å². The summed E-state index contributed by atoms with van der Waals surface area (Å²) in [4.78, 5) is 34.7. The Hall–Kier alpha value is -3.46. The van der Waals surface area contributed by atoms with Crippen LogP contribution in [0, 0.1) is 11.8 Å². The van der Waals surface area contributed by atoms with Crippen LogP contribution in [0.25, 0.3) is 10.9 Å². The van der Waals surface area contributed by atoms with Crippen molar-refractivity contribution in [2.75, 3.05) is 31.7 Å². The van der Waals surface area contributed by atoms with Crippen LogP contribution in [0.2, 0.25) is 5.02 Å². The first kappa shape index (κ1) is 26.6. The molecule has 1 aliphatic heterocycles. The summed E-state index contributed by atoms with van der Waals surface area (Å²) >= 11 is 6.29. The van der Waals surface area contributed by atoms with Gasteiger partial charge in [-0.3, -0.25) is 9.59 Å². The number of carbonyl (C=O) groups excluding carboxylic acids is 2. The molecule has 2 bridgehead atoms. The van der Waals surface area contributed by atoms with Crippen LogP contribution < -0.4 is 20.1 Å². The Bertz CT molecular complexity index is 1290. The molecule has 2 N–H and O–H groups in total. The molecule has 0 spiro atoms. The van der Waals surface area contributed by atoms with E-state index in [-0.39, 0.29) is 43.7 Å². The van der Waals surface area contributed by atoms with Gasteiger partial charge in [-0.2, -0.15) is 0 Å². The zero-order chi connectivity index (χ0) is 26.4. The average molecular weight is 528 g/mol. The lowest BCUT2D eigenvalue weighted by molar-refractivity contribution is -0.130. The lowest BCUT2D eigenvalue weighted by Gasteiger charge is -2.20. The number of hydrogen-bond acceptors (Lipinski definition) is 7. The van der Waals surface area contributed by atoms with Gasteiger partial charge < -0.3 is 20.1 Å². The summed E-state index contributed by atoms with van der Waals surface area (Å²) in [5.41, 5.74) is 1.92. The number of fused-ring (bicyclic) bond motifs is 2. The molecule has 2 heterocycles. The quantitative estimate of drug-likeness (QED) is 0.489. The van der Waals surface area contributed by atoms with Crippen LogP contribution in [-0.4, -0.2) is 48.1 Å². The zero-order valence-electron chi connectivity index (χ0n) is 20.9. The Labute approximate surface area is 219 Å². The maximum Gasteiger partial charge on any atom is 0.223 e. The van der Waals surface area contributed by atoms with E-state index in [0.717, 1.165) is 5.56 Å². The Morgan fingerprint density at radius 3 is 2.84 bits per heavy atom. The number of ether oxygens (including phenoxy) is 2. The van der Waals surface area contributed by atoms with Gasteiger partial charge in [0.25, 0.3) is 0 Å². The van der Waals surface area contributed by atoms with Gasteiger partial charge in [0, 0.05) is 47.5 Å². The average Bonchev–Trinajstić information content (AvgIpc) is 2.87. The molecule has 8 nitrogen and oxygen atoms in total. The van der Waals surface area contributed by atoms with E-state index in [0.29, 0.717) is 51.9 Å². The monoisotopic (exact) mass is 527 g/mol. The van der Waals surface area contributed by atoms with Gasteiger partial charge in [0.2, 0.25) is 5.91 Å². The third kappa shape index (κ3) is 6.65. The zero-order valence-corrected chi connectivity index (χ0v) is 21.6. The number of aromatic nitrogens is 2. The highest BCUT2D eigenvalue weighted by Gasteiger charge is 2.25. The number of halogens is 2. The molecule has 1 aliphatic rings. The summed E-state index contributed by atoms with van der Waals surface area (Å²) in [6.07, 6.45) is 2.21. The molecule has 0 radical (unpaired) electrons. The number of nitrogens with one attached hydrogen (secondary N) is 2. The number of alkyl halides is 1. The normalized spacial score (nSPS) is 17.1.